The van der Waals surface area contributed by atoms with Crippen molar-refractivity contribution in [1.82, 2.24) is 4.57 Å². The van der Waals surface area contributed by atoms with Crippen LogP contribution in [0.1, 0.15) is 5.56 Å². The van der Waals surface area contributed by atoms with E-state index in [1.165, 1.54) is 22.9 Å². The van der Waals surface area contributed by atoms with Gasteiger partial charge in [-0.2, -0.15) is 0 Å². The van der Waals surface area contributed by atoms with Gasteiger partial charge in [0.25, 0.3) is 11.2 Å². The Bertz CT molecular complexity index is 700. The maximum absolute atomic E-state index is 13.3. The van der Waals surface area contributed by atoms with Gasteiger partial charge in [0.2, 0.25) is 0 Å². The van der Waals surface area contributed by atoms with E-state index in [9.17, 15) is 19.3 Å². The standard InChI is InChI=1S/C12H8BrFN2O3/c13-11-2-1-3-15(12(11)17)7-8-4-9(14)6-10(5-8)16(18)19/h1-6H,7H2. The summed E-state index contributed by atoms with van der Waals surface area (Å²) in [5, 5.41) is 10.6. The average Bonchev–Trinajstić information content (AvgIpc) is 2.34. The highest BCUT2D eigenvalue weighted by molar-refractivity contribution is 9.10. The highest BCUT2D eigenvalue weighted by Gasteiger charge is 2.10. The van der Waals surface area contributed by atoms with Crippen molar-refractivity contribution in [3.8, 4) is 0 Å². The lowest BCUT2D eigenvalue weighted by atomic mass is 10.2. The first-order valence-corrected chi connectivity index (χ1v) is 6.05. The van der Waals surface area contributed by atoms with Crippen LogP contribution in [0.3, 0.4) is 0 Å². The summed E-state index contributed by atoms with van der Waals surface area (Å²) < 4.78 is 15.0. The lowest BCUT2D eigenvalue weighted by Crippen LogP contribution is -2.20. The third-order valence-electron chi connectivity index (χ3n) is 2.48. The lowest BCUT2D eigenvalue weighted by molar-refractivity contribution is -0.385. The molecule has 2 aromatic rings. The van der Waals surface area contributed by atoms with Gasteiger partial charge in [0.1, 0.15) is 5.82 Å². The molecule has 19 heavy (non-hydrogen) atoms. The van der Waals surface area contributed by atoms with Gasteiger partial charge in [0.15, 0.2) is 0 Å². The van der Waals surface area contributed by atoms with Gasteiger partial charge in [-0.3, -0.25) is 14.9 Å². The molecule has 0 bridgehead atoms. The summed E-state index contributed by atoms with van der Waals surface area (Å²) in [5.74, 6) is -0.702. The van der Waals surface area contributed by atoms with Crippen LogP contribution in [0.15, 0.2) is 45.8 Å². The number of benzene rings is 1. The Morgan fingerprint density at radius 2 is 2.11 bits per heavy atom. The molecule has 1 aromatic carbocycles. The third kappa shape index (κ3) is 3.05. The van der Waals surface area contributed by atoms with E-state index < -0.39 is 10.7 Å². The molecule has 0 unspecified atom stereocenters. The molecule has 0 N–H and O–H groups in total. The summed E-state index contributed by atoms with van der Waals surface area (Å²) in [7, 11) is 0. The Hall–Kier alpha value is -2.02. The maximum Gasteiger partial charge on any atom is 0.272 e. The van der Waals surface area contributed by atoms with Crippen LogP contribution in [0.5, 0.6) is 0 Å². The Labute approximate surface area is 115 Å². The minimum atomic E-state index is -0.702. The highest BCUT2D eigenvalue weighted by Crippen LogP contribution is 2.17. The number of pyridine rings is 1. The first kappa shape index (κ1) is 13.4. The third-order valence-corrected chi connectivity index (χ3v) is 3.08. The number of nitro groups is 1. The zero-order valence-electron chi connectivity index (χ0n) is 9.55. The molecular formula is C12H8BrFN2O3. The predicted molar refractivity (Wildman–Crippen MR) is 70.6 cm³/mol. The predicted octanol–water partition coefficient (Wildman–Crippen LogP) is 2.71. The smallest absolute Gasteiger partial charge is 0.272 e. The quantitative estimate of drug-likeness (QED) is 0.643. The minimum Gasteiger partial charge on any atom is -0.310 e. The van der Waals surface area contributed by atoms with Crippen LogP contribution >= 0.6 is 15.9 Å². The van der Waals surface area contributed by atoms with Crippen LogP contribution in [-0.4, -0.2) is 9.49 Å². The first-order valence-electron chi connectivity index (χ1n) is 5.26. The normalized spacial score (nSPS) is 10.4. The van der Waals surface area contributed by atoms with Gasteiger partial charge in [-0.05, 0) is 39.7 Å². The molecule has 0 spiro atoms. The van der Waals surface area contributed by atoms with Crippen LogP contribution in [0.2, 0.25) is 0 Å². The van der Waals surface area contributed by atoms with Gasteiger partial charge in [-0.1, -0.05) is 0 Å². The van der Waals surface area contributed by atoms with Crippen molar-refractivity contribution < 1.29 is 9.31 Å². The van der Waals surface area contributed by atoms with Crippen molar-refractivity contribution in [1.29, 1.82) is 0 Å². The minimum absolute atomic E-state index is 0.0663. The molecule has 7 heteroatoms. The summed E-state index contributed by atoms with van der Waals surface area (Å²) >= 11 is 3.10. The Morgan fingerprint density at radius 1 is 1.37 bits per heavy atom. The second-order valence-electron chi connectivity index (χ2n) is 3.86. The van der Waals surface area contributed by atoms with Crippen LogP contribution in [0.4, 0.5) is 10.1 Å². The van der Waals surface area contributed by atoms with E-state index in [1.807, 2.05) is 0 Å². The second-order valence-corrected chi connectivity index (χ2v) is 4.72. The largest absolute Gasteiger partial charge is 0.310 e. The van der Waals surface area contributed by atoms with E-state index in [4.69, 9.17) is 0 Å². The van der Waals surface area contributed by atoms with Crippen LogP contribution in [0.25, 0.3) is 0 Å². The molecule has 0 radical (unpaired) electrons. The molecule has 0 fully saturated rings. The van der Waals surface area contributed by atoms with Gasteiger partial charge in [0.05, 0.1) is 22.0 Å². The van der Waals surface area contributed by atoms with Crippen molar-refractivity contribution in [3.63, 3.8) is 0 Å². The van der Waals surface area contributed by atoms with E-state index in [0.29, 0.717) is 10.0 Å². The van der Waals surface area contributed by atoms with E-state index >= 15 is 0 Å². The summed E-state index contributed by atoms with van der Waals surface area (Å²) in [4.78, 5) is 21.7. The SMILES string of the molecule is O=c1c(Br)cccn1Cc1cc(F)cc([N+](=O)[O-])c1. The summed E-state index contributed by atoms with van der Waals surface area (Å²) in [5.41, 5.74) is -0.264. The molecule has 98 valence electrons. The number of nitro benzene ring substituents is 1. The second kappa shape index (κ2) is 5.31. The van der Waals surface area contributed by atoms with Gasteiger partial charge in [-0.15, -0.1) is 0 Å². The fraction of sp³-hybridized carbons (Fsp3) is 0.0833. The van der Waals surface area contributed by atoms with Crippen LogP contribution < -0.4 is 5.56 Å². The number of hydrogen-bond acceptors (Lipinski definition) is 3. The van der Waals surface area contributed by atoms with E-state index in [0.717, 1.165) is 6.07 Å². The Morgan fingerprint density at radius 3 is 2.79 bits per heavy atom. The first-order chi connectivity index (χ1) is 8.97. The van der Waals surface area contributed by atoms with Crippen molar-refractivity contribution in [2.45, 2.75) is 6.54 Å². The van der Waals surface area contributed by atoms with Gasteiger partial charge in [-0.25, -0.2) is 4.39 Å². The average molecular weight is 327 g/mol. The van der Waals surface area contributed by atoms with Gasteiger partial charge in [0, 0.05) is 12.3 Å². The fourth-order valence-electron chi connectivity index (χ4n) is 1.66. The Balaban J connectivity index is 2.41. The summed E-state index contributed by atoms with van der Waals surface area (Å²) in [6.07, 6.45) is 1.53. The maximum atomic E-state index is 13.3. The number of rotatable bonds is 3. The molecule has 1 aromatic heterocycles. The molecule has 0 aliphatic rings. The molecule has 0 aliphatic heterocycles. The van der Waals surface area contributed by atoms with E-state index in [1.54, 1.807) is 12.1 Å². The lowest BCUT2D eigenvalue weighted by Gasteiger charge is -2.06. The summed E-state index contributed by atoms with van der Waals surface area (Å²) in [6.45, 7) is 0.0663. The number of hydrogen-bond donors (Lipinski definition) is 0. The zero-order valence-corrected chi connectivity index (χ0v) is 11.1. The highest BCUT2D eigenvalue weighted by atomic mass is 79.9. The summed E-state index contributed by atoms with van der Waals surface area (Å²) in [6, 6.07) is 6.50. The zero-order chi connectivity index (χ0) is 14.0. The van der Waals surface area contributed by atoms with Crippen LogP contribution in [0, 0.1) is 15.9 Å². The number of non-ortho nitro benzene ring substituents is 1. The topological polar surface area (TPSA) is 65.1 Å². The number of aromatic nitrogens is 1. The number of nitrogens with zero attached hydrogens (tertiary/aromatic N) is 2. The molecule has 2 rings (SSSR count). The van der Waals surface area contributed by atoms with Crippen molar-refractivity contribution >= 4 is 21.6 Å². The molecule has 0 saturated carbocycles. The molecule has 0 atom stereocenters. The molecular weight excluding hydrogens is 319 g/mol. The van der Waals surface area contributed by atoms with Crippen LogP contribution in [-0.2, 0) is 6.54 Å². The molecule has 5 nitrogen and oxygen atoms in total. The Kier molecular flexibility index (Phi) is 3.75. The molecule has 0 saturated heterocycles. The van der Waals surface area contributed by atoms with Gasteiger partial charge < -0.3 is 4.57 Å². The van der Waals surface area contributed by atoms with Crippen molar-refractivity contribution in [3.05, 3.63) is 72.9 Å². The molecule has 0 aliphatic carbocycles. The van der Waals surface area contributed by atoms with E-state index in [-0.39, 0.29) is 17.8 Å². The molecule has 0 amide bonds. The monoisotopic (exact) mass is 326 g/mol. The fourth-order valence-corrected chi connectivity index (χ4v) is 2.04. The van der Waals surface area contributed by atoms with Crippen molar-refractivity contribution in [2.24, 2.45) is 0 Å². The molecule has 1 heterocycles. The van der Waals surface area contributed by atoms with Crippen molar-refractivity contribution in [2.75, 3.05) is 0 Å². The number of halogens is 2. The van der Waals surface area contributed by atoms with E-state index in [2.05, 4.69) is 15.9 Å². The van der Waals surface area contributed by atoms with Gasteiger partial charge >= 0.3 is 0 Å².